The van der Waals surface area contributed by atoms with E-state index in [-0.39, 0.29) is 5.56 Å². The van der Waals surface area contributed by atoms with E-state index in [9.17, 15) is 4.79 Å². The summed E-state index contributed by atoms with van der Waals surface area (Å²) in [5.41, 5.74) is 0.861. The zero-order valence-corrected chi connectivity index (χ0v) is 8.13. The Morgan fingerprint density at radius 3 is 2.86 bits per heavy atom. The van der Waals surface area contributed by atoms with Crippen LogP contribution in [0.25, 0.3) is 10.8 Å². The second-order valence-electron chi connectivity index (χ2n) is 3.19. The minimum atomic E-state index is -0.186. The predicted molar refractivity (Wildman–Crippen MR) is 55.9 cm³/mol. The van der Waals surface area contributed by atoms with Crippen LogP contribution < -0.4 is 10.3 Å². The number of methoxy groups -OCH3 is 1. The van der Waals surface area contributed by atoms with Gasteiger partial charge < -0.3 is 9.72 Å². The van der Waals surface area contributed by atoms with E-state index in [1.165, 1.54) is 7.11 Å². The molecule has 0 saturated carbocycles. The molecule has 1 aromatic carbocycles. The minimum absolute atomic E-state index is 0.186. The quantitative estimate of drug-likeness (QED) is 0.743. The van der Waals surface area contributed by atoms with Crippen LogP contribution in [0.2, 0.25) is 0 Å². The highest BCUT2D eigenvalue weighted by molar-refractivity contribution is 5.90. The lowest BCUT2D eigenvalue weighted by Crippen LogP contribution is -2.09. The van der Waals surface area contributed by atoms with Crippen molar-refractivity contribution in [3.05, 3.63) is 40.3 Å². The average Bonchev–Trinajstić information content (AvgIpc) is 2.19. The first-order chi connectivity index (χ1) is 6.74. The number of aromatic amines is 1. The lowest BCUT2D eigenvalue weighted by Gasteiger charge is -2.06. The molecule has 3 heteroatoms. The van der Waals surface area contributed by atoms with Gasteiger partial charge in [-0.15, -0.1) is 0 Å². The molecule has 0 saturated heterocycles. The molecular weight excluding hydrogens is 178 g/mol. The number of nitrogens with one attached hydrogen (secondary N) is 1. The number of ether oxygens (including phenoxy) is 1. The highest BCUT2D eigenvalue weighted by Gasteiger charge is 2.07. The van der Waals surface area contributed by atoms with E-state index in [0.29, 0.717) is 5.75 Å². The van der Waals surface area contributed by atoms with Gasteiger partial charge in [-0.2, -0.15) is 0 Å². The van der Waals surface area contributed by atoms with E-state index >= 15 is 0 Å². The van der Waals surface area contributed by atoms with Crippen LogP contribution in [0.4, 0.5) is 0 Å². The maximum atomic E-state index is 11.4. The van der Waals surface area contributed by atoms with Gasteiger partial charge in [-0.05, 0) is 12.5 Å². The van der Waals surface area contributed by atoms with Gasteiger partial charge in [-0.1, -0.05) is 18.2 Å². The second-order valence-corrected chi connectivity index (χ2v) is 3.19. The van der Waals surface area contributed by atoms with Gasteiger partial charge >= 0.3 is 0 Å². The Kier molecular flexibility index (Phi) is 2.00. The van der Waals surface area contributed by atoms with Crippen LogP contribution in [-0.2, 0) is 0 Å². The first-order valence-electron chi connectivity index (χ1n) is 4.39. The van der Waals surface area contributed by atoms with E-state index in [2.05, 4.69) is 4.98 Å². The molecule has 2 aromatic rings. The van der Waals surface area contributed by atoms with Crippen LogP contribution in [-0.4, -0.2) is 12.1 Å². The van der Waals surface area contributed by atoms with Crippen molar-refractivity contribution in [3.63, 3.8) is 0 Å². The summed E-state index contributed by atoms with van der Waals surface area (Å²) in [4.78, 5) is 14.1. The van der Waals surface area contributed by atoms with Crippen molar-refractivity contribution in [2.45, 2.75) is 6.92 Å². The topological polar surface area (TPSA) is 42.1 Å². The Labute approximate surface area is 81.3 Å². The lowest BCUT2D eigenvalue weighted by molar-refractivity contribution is 0.413. The van der Waals surface area contributed by atoms with Crippen molar-refractivity contribution in [3.8, 4) is 5.75 Å². The number of hydrogen-bond acceptors (Lipinski definition) is 2. The third-order valence-corrected chi connectivity index (χ3v) is 2.30. The van der Waals surface area contributed by atoms with Crippen molar-refractivity contribution in [2.24, 2.45) is 0 Å². The van der Waals surface area contributed by atoms with Crippen LogP contribution in [0.3, 0.4) is 0 Å². The first kappa shape index (κ1) is 8.81. The smallest absolute Gasteiger partial charge is 0.290 e. The fourth-order valence-corrected chi connectivity index (χ4v) is 1.64. The van der Waals surface area contributed by atoms with E-state index in [1.807, 2.05) is 25.1 Å². The summed E-state index contributed by atoms with van der Waals surface area (Å²) in [6, 6.07) is 5.86. The Morgan fingerprint density at radius 2 is 2.14 bits per heavy atom. The summed E-state index contributed by atoms with van der Waals surface area (Å²) in [6.07, 6.45) is 1.70. The van der Waals surface area contributed by atoms with Crippen molar-refractivity contribution in [1.82, 2.24) is 4.98 Å². The molecule has 1 heterocycles. The molecular formula is C11H11NO2. The van der Waals surface area contributed by atoms with Crippen molar-refractivity contribution in [1.29, 1.82) is 0 Å². The Morgan fingerprint density at radius 1 is 1.36 bits per heavy atom. The minimum Gasteiger partial charge on any atom is -0.491 e. The molecule has 72 valence electrons. The number of aromatic nitrogens is 1. The number of hydrogen-bond donors (Lipinski definition) is 1. The average molecular weight is 189 g/mol. The molecule has 1 aromatic heterocycles. The van der Waals surface area contributed by atoms with Crippen molar-refractivity contribution >= 4 is 10.8 Å². The fourth-order valence-electron chi connectivity index (χ4n) is 1.64. The van der Waals surface area contributed by atoms with Gasteiger partial charge in [0, 0.05) is 17.0 Å². The van der Waals surface area contributed by atoms with E-state index in [0.717, 1.165) is 16.3 Å². The summed E-state index contributed by atoms with van der Waals surface area (Å²) in [5.74, 6) is 0.389. The molecule has 0 bridgehead atoms. The number of H-pyrrole nitrogens is 1. The molecule has 2 rings (SSSR count). The zero-order chi connectivity index (χ0) is 10.1. The SMILES string of the molecule is COc1c(=O)[nH]cc2cccc(C)c12. The lowest BCUT2D eigenvalue weighted by atomic mass is 10.1. The number of pyridine rings is 1. The van der Waals surface area contributed by atoms with Crippen molar-refractivity contribution < 1.29 is 4.74 Å². The molecule has 14 heavy (non-hydrogen) atoms. The fraction of sp³-hybridized carbons (Fsp3) is 0.182. The van der Waals surface area contributed by atoms with Crippen LogP contribution >= 0.6 is 0 Å². The molecule has 0 radical (unpaired) electrons. The van der Waals surface area contributed by atoms with Gasteiger partial charge in [0.15, 0.2) is 5.75 Å². The second kappa shape index (κ2) is 3.18. The molecule has 0 aliphatic heterocycles. The predicted octanol–water partition coefficient (Wildman–Crippen LogP) is 1.85. The third-order valence-electron chi connectivity index (χ3n) is 2.30. The van der Waals surface area contributed by atoms with Crippen LogP contribution in [0.5, 0.6) is 5.75 Å². The molecule has 3 nitrogen and oxygen atoms in total. The van der Waals surface area contributed by atoms with Crippen LogP contribution in [0, 0.1) is 6.92 Å². The molecule has 0 atom stereocenters. The van der Waals surface area contributed by atoms with Crippen LogP contribution in [0.1, 0.15) is 5.56 Å². The summed E-state index contributed by atoms with van der Waals surface area (Å²) >= 11 is 0. The summed E-state index contributed by atoms with van der Waals surface area (Å²) in [5, 5.41) is 1.88. The standard InChI is InChI=1S/C11H11NO2/c1-7-4-3-5-8-6-12-11(13)10(14-2)9(7)8/h3-6H,1-2H3,(H,12,13). The molecule has 0 aliphatic carbocycles. The molecule has 0 unspecified atom stereocenters. The molecule has 0 amide bonds. The Balaban J connectivity index is 2.99. The largest absolute Gasteiger partial charge is 0.491 e. The van der Waals surface area contributed by atoms with E-state index in [4.69, 9.17) is 4.74 Å². The van der Waals surface area contributed by atoms with E-state index in [1.54, 1.807) is 6.20 Å². The molecule has 1 N–H and O–H groups in total. The monoisotopic (exact) mass is 189 g/mol. The number of rotatable bonds is 1. The molecule has 0 spiro atoms. The molecule has 0 aliphatic rings. The van der Waals surface area contributed by atoms with Crippen LogP contribution in [0.15, 0.2) is 29.2 Å². The number of fused-ring (bicyclic) bond motifs is 1. The highest BCUT2D eigenvalue weighted by Crippen LogP contribution is 2.23. The molecule has 0 fully saturated rings. The maximum Gasteiger partial charge on any atom is 0.290 e. The van der Waals surface area contributed by atoms with Gasteiger partial charge in [0.2, 0.25) is 0 Å². The van der Waals surface area contributed by atoms with E-state index < -0.39 is 0 Å². The normalized spacial score (nSPS) is 10.4. The van der Waals surface area contributed by atoms with Gasteiger partial charge in [0.1, 0.15) is 0 Å². The van der Waals surface area contributed by atoms with Gasteiger partial charge in [-0.25, -0.2) is 0 Å². The summed E-state index contributed by atoms with van der Waals surface area (Å²) in [6.45, 7) is 1.96. The van der Waals surface area contributed by atoms with Gasteiger partial charge in [-0.3, -0.25) is 4.79 Å². The Bertz CT molecular complexity index is 528. The Hall–Kier alpha value is -1.77. The van der Waals surface area contributed by atoms with Gasteiger partial charge in [0.05, 0.1) is 7.11 Å². The summed E-state index contributed by atoms with van der Waals surface area (Å²) in [7, 11) is 1.51. The van der Waals surface area contributed by atoms with Gasteiger partial charge in [0.25, 0.3) is 5.56 Å². The summed E-state index contributed by atoms with van der Waals surface area (Å²) < 4.78 is 5.10. The highest BCUT2D eigenvalue weighted by atomic mass is 16.5. The third kappa shape index (κ3) is 1.18. The first-order valence-corrected chi connectivity index (χ1v) is 4.39. The number of benzene rings is 1. The maximum absolute atomic E-state index is 11.4. The number of aryl methyl sites for hydroxylation is 1. The zero-order valence-electron chi connectivity index (χ0n) is 8.13. The van der Waals surface area contributed by atoms with Crippen molar-refractivity contribution in [2.75, 3.05) is 7.11 Å².